The highest BCUT2D eigenvalue weighted by Gasteiger charge is 2.09. The lowest BCUT2D eigenvalue weighted by Gasteiger charge is -2.14. The summed E-state index contributed by atoms with van der Waals surface area (Å²) < 4.78 is 0. The quantitative estimate of drug-likeness (QED) is 0.570. The summed E-state index contributed by atoms with van der Waals surface area (Å²) in [4.78, 5) is 13.2. The van der Waals surface area contributed by atoms with Gasteiger partial charge in [-0.3, -0.25) is 9.78 Å². The molecular weight excluding hydrogens is 196 g/mol. The van der Waals surface area contributed by atoms with Crippen LogP contribution in [0.2, 0.25) is 0 Å². The highest BCUT2D eigenvalue weighted by atomic mass is 16.3. The van der Waals surface area contributed by atoms with Crippen molar-refractivity contribution in [3.8, 4) is 5.88 Å². The van der Waals surface area contributed by atoms with E-state index in [1.165, 1.54) is 12.1 Å². The second-order valence-corrected chi connectivity index (χ2v) is 3.74. The molecule has 0 fully saturated rings. The number of aromatic amines is 1. The first-order chi connectivity index (χ1) is 6.99. The van der Waals surface area contributed by atoms with Gasteiger partial charge in [-0.25, -0.2) is 0 Å². The van der Waals surface area contributed by atoms with E-state index in [-0.39, 0.29) is 11.9 Å². The normalized spacial score (nSPS) is 13.1. The molecule has 0 aliphatic carbocycles. The van der Waals surface area contributed by atoms with Crippen LogP contribution < -0.4 is 10.9 Å². The van der Waals surface area contributed by atoms with E-state index in [1.54, 1.807) is 0 Å². The van der Waals surface area contributed by atoms with E-state index in [1.807, 2.05) is 13.8 Å². The Balaban J connectivity index is 2.73. The number of aliphatic hydroxyl groups excluding tert-OH is 1. The van der Waals surface area contributed by atoms with Crippen LogP contribution in [0, 0.1) is 0 Å². The molecule has 1 atom stereocenters. The summed E-state index contributed by atoms with van der Waals surface area (Å²) in [6.45, 7) is 4.27. The number of hydrogen-bond acceptors (Lipinski definition) is 4. The molecule has 1 aromatic rings. The summed E-state index contributed by atoms with van der Waals surface area (Å²) in [5.41, 5.74) is -0.0157. The van der Waals surface area contributed by atoms with Crippen LogP contribution in [0.25, 0.3) is 0 Å². The number of pyridine rings is 1. The van der Waals surface area contributed by atoms with Crippen LogP contribution in [-0.2, 0) is 0 Å². The van der Waals surface area contributed by atoms with Gasteiger partial charge in [-0.05, 0) is 5.56 Å². The molecule has 1 aromatic heterocycles. The zero-order valence-electron chi connectivity index (χ0n) is 8.82. The van der Waals surface area contributed by atoms with Crippen molar-refractivity contribution in [3.05, 3.63) is 28.0 Å². The Bertz CT molecular complexity index is 373. The van der Waals surface area contributed by atoms with E-state index < -0.39 is 11.7 Å². The van der Waals surface area contributed by atoms with Gasteiger partial charge in [-0.1, -0.05) is 13.8 Å². The molecule has 15 heavy (non-hydrogen) atoms. The van der Waals surface area contributed by atoms with Gasteiger partial charge >= 0.3 is 0 Å². The molecule has 0 aliphatic heterocycles. The molecule has 1 unspecified atom stereocenters. The first-order valence-electron chi connectivity index (χ1n) is 4.83. The maximum absolute atomic E-state index is 11.0. The molecule has 4 N–H and O–H groups in total. The minimum absolute atomic E-state index is 0.235. The Morgan fingerprint density at radius 3 is 2.67 bits per heavy atom. The second kappa shape index (κ2) is 4.95. The van der Waals surface area contributed by atoms with E-state index in [9.17, 15) is 9.90 Å². The standard InChI is InChI=1S/C10H16N2O3/c1-6(2)11-5-8(13)7-3-9(14)12-10(15)4-7/h3-4,6,8,11,13H,5H2,1-2H3,(H2,12,14,15). The molecule has 1 heterocycles. The predicted molar refractivity (Wildman–Crippen MR) is 56.8 cm³/mol. The van der Waals surface area contributed by atoms with Gasteiger partial charge in [-0.15, -0.1) is 0 Å². The van der Waals surface area contributed by atoms with E-state index in [2.05, 4.69) is 10.3 Å². The number of H-pyrrole nitrogens is 1. The van der Waals surface area contributed by atoms with Crippen molar-refractivity contribution >= 4 is 0 Å². The maximum atomic E-state index is 11.0. The van der Waals surface area contributed by atoms with E-state index in [0.29, 0.717) is 12.1 Å². The van der Waals surface area contributed by atoms with Gasteiger partial charge in [0.25, 0.3) is 5.56 Å². The number of nitrogens with one attached hydrogen (secondary N) is 2. The Morgan fingerprint density at radius 1 is 1.47 bits per heavy atom. The lowest BCUT2D eigenvalue weighted by atomic mass is 10.1. The van der Waals surface area contributed by atoms with Crippen molar-refractivity contribution in [2.75, 3.05) is 6.54 Å². The third-order valence-corrected chi connectivity index (χ3v) is 1.96. The maximum Gasteiger partial charge on any atom is 0.251 e. The van der Waals surface area contributed by atoms with Crippen LogP contribution in [0.15, 0.2) is 16.9 Å². The molecule has 0 radical (unpaired) electrons. The van der Waals surface area contributed by atoms with Crippen LogP contribution in [0.3, 0.4) is 0 Å². The van der Waals surface area contributed by atoms with Crippen molar-refractivity contribution in [3.63, 3.8) is 0 Å². The summed E-state index contributed by atoms with van der Waals surface area (Å²) in [7, 11) is 0. The largest absolute Gasteiger partial charge is 0.495 e. The van der Waals surface area contributed by atoms with Gasteiger partial charge < -0.3 is 15.5 Å². The second-order valence-electron chi connectivity index (χ2n) is 3.74. The average molecular weight is 212 g/mol. The summed E-state index contributed by atoms with van der Waals surface area (Å²) in [6, 6.07) is 2.87. The summed E-state index contributed by atoms with van der Waals surface area (Å²) in [5.74, 6) is -0.235. The van der Waals surface area contributed by atoms with Gasteiger partial charge in [0, 0.05) is 24.7 Å². The fourth-order valence-electron chi connectivity index (χ4n) is 1.21. The third kappa shape index (κ3) is 3.73. The molecule has 0 aromatic carbocycles. The van der Waals surface area contributed by atoms with Crippen LogP contribution in [0.1, 0.15) is 25.5 Å². The van der Waals surface area contributed by atoms with Crippen LogP contribution in [-0.4, -0.2) is 27.8 Å². The van der Waals surface area contributed by atoms with Gasteiger partial charge in [0.2, 0.25) is 0 Å². The third-order valence-electron chi connectivity index (χ3n) is 1.96. The molecule has 0 amide bonds. The highest BCUT2D eigenvalue weighted by molar-refractivity contribution is 5.21. The van der Waals surface area contributed by atoms with Crippen molar-refractivity contribution in [1.82, 2.24) is 10.3 Å². The predicted octanol–water partition coefficient (Wildman–Crippen LogP) is 0.112. The van der Waals surface area contributed by atoms with E-state index >= 15 is 0 Å². The van der Waals surface area contributed by atoms with Crippen LogP contribution in [0.5, 0.6) is 5.88 Å². The Kier molecular flexibility index (Phi) is 3.88. The van der Waals surface area contributed by atoms with E-state index in [0.717, 1.165) is 0 Å². The number of aliphatic hydroxyl groups is 1. The molecule has 5 nitrogen and oxygen atoms in total. The Morgan fingerprint density at radius 2 is 2.13 bits per heavy atom. The molecule has 0 saturated heterocycles. The molecule has 0 aliphatic rings. The molecule has 1 rings (SSSR count). The SMILES string of the molecule is CC(C)NCC(O)c1cc(O)[nH]c(=O)c1. The van der Waals surface area contributed by atoms with Gasteiger partial charge in [0.05, 0.1) is 6.10 Å². The van der Waals surface area contributed by atoms with Gasteiger partial charge in [0.15, 0.2) is 5.88 Å². The zero-order chi connectivity index (χ0) is 11.4. The first kappa shape index (κ1) is 11.7. The lowest BCUT2D eigenvalue weighted by Crippen LogP contribution is -2.28. The number of aromatic hydroxyl groups is 1. The Labute approximate surface area is 87.8 Å². The Hall–Kier alpha value is -1.33. The van der Waals surface area contributed by atoms with Crippen molar-refractivity contribution < 1.29 is 10.2 Å². The number of rotatable bonds is 4. The molecule has 0 saturated carbocycles. The zero-order valence-corrected chi connectivity index (χ0v) is 8.82. The molecule has 84 valence electrons. The lowest BCUT2D eigenvalue weighted by molar-refractivity contribution is 0.171. The van der Waals surface area contributed by atoms with Crippen molar-refractivity contribution in [2.45, 2.75) is 26.0 Å². The number of hydrogen-bond donors (Lipinski definition) is 4. The van der Waals surface area contributed by atoms with Gasteiger partial charge in [0.1, 0.15) is 0 Å². The van der Waals surface area contributed by atoms with E-state index in [4.69, 9.17) is 5.11 Å². The molecule has 5 heteroatoms. The number of aromatic nitrogens is 1. The average Bonchev–Trinajstić information content (AvgIpc) is 2.12. The molecule has 0 spiro atoms. The fourth-order valence-corrected chi connectivity index (χ4v) is 1.21. The fraction of sp³-hybridized carbons (Fsp3) is 0.500. The molecular formula is C10H16N2O3. The smallest absolute Gasteiger partial charge is 0.251 e. The first-order valence-corrected chi connectivity index (χ1v) is 4.83. The highest BCUT2D eigenvalue weighted by Crippen LogP contribution is 2.13. The van der Waals surface area contributed by atoms with Crippen LogP contribution in [0.4, 0.5) is 0 Å². The van der Waals surface area contributed by atoms with Crippen LogP contribution >= 0.6 is 0 Å². The summed E-state index contributed by atoms with van der Waals surface area (Å²) in [5, 5.41) is 21.9. The summed E-state index contributed by atoms with van der Waals surface area (Å²) >= 11 is 0. The molecule has 0 bridgehead atoms. The van der Waals surface area contributed by atoms with Crippen molar-refractivity contribution in [2.24, 2.45) is 0 Å². The summed E-state index contributed by atoms with van der Waals surface area (Å²) in [6.07, 6.45) is -0.791. The van der Waals surface area contributed by atoms with Crippen molar-refractivity contribution in [1.29, 1.82) is 0 Å². The minimum Gasteiger partial charge on any atom is -0.495 e. The topological polar surface area (TPSA) is 85.3 Å². The monoisotopic (exact) mass is 212 g/mol. The van der Waals surface area contributed by atoms with Gasteiger partial charge in [-0.2, -0.15) is 0 Å². The minimum atomic E-state index is -0.791.